The highest BCUT2D eigenvalue weighted by atomic mass is 32.2. The van der Waals surface area contributed by atoms with Crippen LogP contribution in [0.3, 0.4) is 0 Å². The van der Waals surface area contributed by atoms with E-state index in [0.29, 0.717) is 36.3 Å². The number of esters is 1. The number of amides is 1. The van der Waals surface area contributed by atoms with Crippen LogP contribution in [0.2, 0.25) is 0 Å². The number of rotatable bonds is 6. The molecule has 1 aliphatic rings. The number of hydrogen-bond donors (Lipinski definition) is 0. The number of thiazole rings is 1. The first-order valence-electron chi connectivity index (χ1n) is 9.02. The summed E-state index contributed by atoms with van der Waals surface area (Å²) < 4.78 is 32.7. The molecule has 1 saturated heterocycles. The van der Waals surface area contributed by atoms with Gasteiger partial charge in [-0.25, -0.2) is 13.2 Å². The van der Waals surface area contributed by atoms with Gasteiger partial charge in [-0.2, -0.15) is 21.1 Å². The minimum absolute atomic E-state index is 0.339. The van der Waals surface area contributed by atoms with Crippen LogP contribution in [0.15, 0.2) is 23.2 Å². The molecule has 2 heterocycles. The van der Waals surface area contributed by atoms with Gasteiger partial charge in [-0.15, -0.1) is 0 Å². The smallest absolute Gasteiger partial charge is 0.337 e. The predicted molar refractivity (Wildman–Crippen MR) is 115 cm³/mol. The van der Waals surface area contributed by atoms with E-state index in [-0.39, 0.29) is 0 Å². The quantitative estimate of drug-likeness (QED) is 0.613. The lowest BCUT2D eigenvalue weighted by Gasteiger charge is -2.18. The monoisotopic (exact) mass is 457 g/mol. The van der Waals surface area contributed by atoms with Crippen molar-refractivity contribution in [1.82, 2.24) is 8.87 Å². The summed E-state index contributed by atoms with van der Waals surface area (Å²) in [5, 5.41) is 0. The van der Waals surface area contributed by atoms with Gasteiger partial charge in [-0.1, -0.05) is 11.3 Å². The number of aromatic nitrogens is 1. The minimum Gasteiger partial charge on any atom is -0.465 e. The lowest BCUT2D eigenvalue weighted by Crippen LogP contribution is -2.40. The molecule has 1 unspecified atom stereocenters. The summed E-state index contributed by atoms with van der Waals surface area (Å²) >= 11 is 2.97. The Morgan fingerprint density at radius 3 is 2.79 bits per heavy atom. The molecule has 1 aromatic heterocycles. The molecule has 0 aliphatic carbocycles. The number of sulfonamides is 1. The zero-order valence-corrected chi connectivity index (χ0v) is 18.9. The summed E-state index contributed by atoms with van der Waals surface area (Å²) in [6.45, 7) is 0.984. The molecule has 1 aliphatic heterocycles. The Bertz CT molecular complexity index is 1100. The predicted octanol–water partition coefficient (Wildman–Crippen LogP) is 1.70. The second kappa shape index (κ2) is 8.99. The van der Waals surface area contributed by atoms with Crippen molar-refractivity contribution in [3.8, 4) is 0 Å². The number of benzene rings is 1. The van der Waals surface area contributed by atoms with Gasteiger partial charge >= 0.3 is 5.97 Å². The molecule has 3 rings (SSSR count). The van der Waals surface area contributed by atoms with Gasteiger partial charge in [0.05, 0.1) is 29.1 Å². The van der Waals surface area contributed by atoms with Gasteiger partial charge in [0.25, 0.3) is 5.91 Å². The average Bonchev–Trinajstić information content (AvgIpc) is 3.30. The second-order valence-electron chi connectivity index (χ2n) is 6.68. The fourth-order valence-corrected chi connectivity index (χ4v) is 5.94. The Morgan fingerprint density at radius 2 is 2.14 bits per heavy atom. The highest BCUT2D eigenvalue weighted by Crippen LogP contribution is 2.23. The molecule has 0 bridgehead atoms. The highest BCUT2D eigenvalue weighted by molar-refractivity contribution is 7.98. The molecular weight excluding hydrogens is 434 g/mol. The number of hydrogen-bond acceptors (Lipinski definition) is 7. The molecule has 1 fully saturated rings. The first kappa shape index (κ1) is 22.0. The highest BCUT2D eigenvalue weighted by Gasteiger charge is 2.36. The third kappa shape index (κ3) is 4.73. The van der Waals surface area contributed by atoms with Crippen LogP contribution in [0.1, 0.15) is 23.2 Å². The largest absolute Gasteiger partial charge is 0.465 e. The molecule has 1 atom stereocenters. The van der Waals surface area contributed by atoms with Crippen molar-refractivity contribution in [2.24, 2.45) is 4.99 Å². The average molecular weight is 458 g/mol. The summed E-state index contributed by atoms with van der Waals surface area (Å²) in [6.07, 6.45) is 4.22. The molecule has 0 N–H and O–H groups in total. The number of carbonyl (C=O) groups excluding carboxylic acids is 2. The van der Waals surface area contributed by atoms with Crippen LogP contribution in [-0.4, -0.2) is 67.1 Å². The number of methoxy groups -OCH3 is 1. The molecule has 29 heavy (non-hydrogen) atoms. The molecule has 11 heteroatoms. The van der Waals surface area contributed by atoms with E-state index in [1.54, 1.807) is 23.9 Å². The van der Waals surface area contributed by atoms with Crippen LogP contribution in [0, 0.1) is 0 Å². The van der Waals surface area contributed by atoms with E-state index in [2.05, 4.69) is 4.99 Å². The van der Waals surface area contributed by atoms with E-state index in [0.717, 1.165) is 22.2 Å². The molecule has 0 radical (unpaired) electrons. The van der Waals surface area contributed by atoms with Gasteiger partial charge in [-0.05, 0) is 37.3 Å². The van der Waals surface area contributed by atoms with Crippen molar-refractivity contribution in [2.45, 2.75) is 25.4 Å². The van der Waals surface area contributed by atoms with E-state index in [1.165, 1.54) is 22.8 Å². The van der Waals surface area contributed by atoms with E-state index < -0.39 is 27.9 Å². The van der Waals surface area contributed by atoms with Crippen molar-refractivity contribution in [1.29, 1.82) is 0 Å². The van der Waals surface area contributed by atoms with E-state index in [1.807, 2.05) is 16.9 Å². The molecular formula is C18H23N3O5S3. The minimum atomic E-state index is -3.46. The van der Waals surface area contributed by atoms with Gasteiger partial charge in [0.1, 0.15) is 6.04 Å². The third-order valence-electron chi connectivity index (χ3n) is 4.74. The molecule has 1 aromatic carbocycles. The van der Waals surface area contributed by atoms with Gasteiger partial charge in [0.2, 0.25) is 10.0 Å². The summed E-state index contributed by atoms with van der Waals surface area (Å²) in [6, 6.07) is 4.48. The normalized spacial score (nSPS) is 18.4. The zero-order valence-electron chi connectivity index (χ0n) is 16.5. The molecule has 8 nitrogen and oxygen atoms in total. The summed E-state index contributed by atoms with van der Waals surface area (Å²) in [5.74, 6) is -0.0592. The van der Waals surface area contributed by atoms with Crippen LogP contribution in [0.4, 0.5) is 0 Å². The molecule has 158 valence electrons. The topological polar surface area (TPSA) is 98.0 Å². The van der Waals surface area contributed by atoms with E-state index in [9.17, 15) is 18.0 Å². The van der Waals surface area contributed by atoms with E-state index in [4.69, 9.17) is 4.74 Å². The second-order valence-corrected chi connectivity index (χ2v) is 10.6. The maximum atomic E-state index is 12.8. The van der Waals surface area contributed by atoms with Gasteiger partial charge in [0.15, 0.2) is 4.80 Å². The third-order valence-corrected chi connectivity index (χ3v) is 7.66. The Labute approximate surface area is 177 Å². The first-order chi connectivity index (χ1) is 13.8. The number of nitrogens with zero attached hydrogens (tertiary/aromatic N) is 3. The molecule has 0 spiro atoms. The van der Waals surface area contributed by atoms with Crippen LogP contribution in [-0.2, 0) is 26.1 Å². The standard InChI is InChI=1S/C18H23N3O5S3/c1-26-17(23)12-6-7-13-15(11-12)28-18(20(13)9-10-27-2)19-16(22)14-5-4-8-21(14)29(3,24)25/h6-7,11,14H,4-5,8-10H2,1-3H3. The number of aryl methyl sites for hydroxylation is 1. The fraction of sp³-hybridized carbons (Fsp3) is 0.500. The number of ether oxygens (including phenoxy) is 1. The lowest BCUT2D eigenvalue weighted by molar-refractivity contribution is -0.121. The number of carbonyl (C=O) groups is 2. The van der Waals surface area contributed by atoms with Gasteiger partial charge < -0.3 is 9.30 Å². The van der Waals surface area contributed by atoms with Gasteiger partial charge in [-0.3, -0.25) is 4.79 Å². The van der Waals surface area contributed by atoms with Crippen molar-refractivity contribution in [3.63, 3.8) is 0 Å². The van der Waals surface area contributed by atoms with Crippen molar-refractivity contribution in [2.75, 3.05) is 31.9 Å². The SMILES string of the molecule is COC(=O)c1ccc2c(c1)sc(=NC(=O)C1CCCN1S(C)(=O)=O)n2CCSC. The first-order valence-corrected chi connectivity index (χ1v) is 13.1. The fourth-order valence-electron chi connectivity index (χ4n) is 3.35. The van der Waals surface area contributed by atoms with Crippen LogP contribution in [0.5, 0.6) is 0 Å². The number of fused-ring (bicyclic) bond motifs is 1. The van der Waals surface area contributed by atoms with Crippen molar-refractivity contribution in [3.05, 3.63) is 28.6 Å². The van der Waals surface area contributed by atoms with Gasteiger partial charge in [0, 0.05) is 18.8 Å². The zero-order chi connectivity index (χ0) is 21.2. The molecule has 0 saturated carbocycles. The Kier molecular flexibility index (Phi) is 6.82. The summed E-state index contributed by atoms with van der Waals surface area (Å²) in [7, 11) is -2.13. The van der Waals surface area contributed by atoms with Crippen LogP contribution >= 0.6 is 23.1 Å². The van der Waals surface area contributed by atoms with Crippen molar-refractivity contribution >= 4 is 55.2 Å². The summed E-state index contributed by atoms with van der Waals surface area (Å²) in [4.78, 5) is 29.5. The number of thioether (sulfide) groups is 1. The summed E-state index contributed by atoms with van der Waals surface area (Å²) in [5.41, 5.74) is 1.30. The Balaban J connectivity index is 2.06. The van der Waals surface area contributed by atoms with Crippen LogP contribution in [0.25, 0.3) is 10.2 Å². The van der Waals surface area contributed by atoms with Crippen molar-refractivity contribution < 1.29 is 22.7 Å². The lowest BCUT2D eigenvalue weighted by atomic mass is 10.2. The maximum Gasteiger partial charge on any atom is 0.337 e. The Hall–Kier alpha value is -1.69. The van der Waals surface area contributed by atoms with E-state index >= 15 is 0 Å². The molecule has 2 aromatic rings. The Morgan fingerprint density at radius 1 is 1.38 bits per heavy atom. The van der Waals surface area contributed by atoms with Crippen LogP contribution < -0.4 is 4.80 Å². The molecule has 1 amide bonds. The maximum absolute atomic E-state index is 12.8.